The van der Waals surface area contributed by atoms with Gasteiger partial charge < -0.3 is 10.5 Å². The summed E-state index contributed by atoms with van der Waals surface area (Å²) in [6.45, 7) is 3.61. The minimum Gasteiger partial charge on any atom is -0.492 e. The van der Waals surface area contributed by atoms with Crippen molar-refractivity contribution >= 4 is 10.8 Å². The number of fused-ring (bicyclic) bond motifs is 1. The molecule has 0 aromatic heterocycles. The fraction of sp³-hybridized carbons (Fsp3) is 0.412. The SMILES string of the molecule is NCC1CCCN1CCOc1ccc2ccccc2c1. The quantitative estimate of drug-likeness (QED) is 0.907. The van der Waals surface area contributed by atoms with Gasteiger partial charge in [-0.25, -0.2) is 0 Å². The van der Waals surface area contributed by atoms with Crippen molar-refractivity contribution < 1.29 is 4.74 Å². The second-order valence-corrected chi connectivity index (χ2v) is 5.43. The lowest BCUT2D eigenvalue weighted by molar-refractivity contribution is 0.199. The first-order valence-electron chi connectivity index (χ1n) is 7.42. The van der Waals surface area contributed by atoms with E-state index in [1.54, 1.807) is 0 Å². The molecule has 106 valence electrons. The molecule has 0 spiro atoms. The molecule has 1 fully saturated rings. The Balaban J connectivity index is 1.57. The van der Waals surface area contributed by atoms with Crippen LogP contribution in [0.4, 0.5) is 0 Å². The van der Waals surface area contributed by atoms with E-state index in [0.29, 0.717) is 6.04 Å². The minimum atomic E-state index is 0.551. The van der Waals surface area contributed by atoms with E-state index in [-0.39, 0.29) is 0 Å². The van der Waals surface area contributed by atoms with Crippen LogP contribution in [0, 0.1) is 0 Å². The van der Waals surface area contributed by atoms with Crippen molar-refractivity contribution in [2.24, 2.45) is 5.73 Å². The van der Waals surface area contributed by atoms with E-state index in [1.807, 2.05) is 6.07 Å². The summed E-state index contributed by atoms with van der Waals surface area (Å²) in [7, 11) is 0. The smallest absolute Gasteiger partial charge is 0.120 e. The molecule has 1 heterocycles. The lowest BCUT2D eigenvalue weighted by atomic mass is 10.1. The molecule has 20 heavy (non-hydrogen) atoms. The number of nitrogens with zero attached hydrogens (tertiary/aromatic N) is 1. The number of nitrogens with two attached hydrogens (primary N) is 1. The zero-order valence-corrected chi connectivity index (χ0v) is 11.8. The average molecular weight is 270 g/mol. The van der Waals surface area contributed by atoms with Crippen LogP contribution in [-0.4, -0.2) is 37.2 Å². The van der Waals surface area contributed by atoms with Gasteiger partial charge >= 0.3 is 0 Å². The van der Waals surface area contributed by atoms with Crippen molar-refractivity contribution in [2.75, 3.05) is 26.2 Å². The number of hydrogen-bond donors (Lipinski definition) is 1. The molecule has 3 rings (SSSR count). The summed E-state index contributed by atoms with van der Waals surface area (Å²) in [6.07, 6.45) is 2.49. The third kappa shape index (κ3) is 2.94. The molecule has 0 radical (unpaired) electrons. The van der Waals surface area contributed by atoms with Gasteiger partial charge in [-0.15, -0.1) is 0 Å². The zero-order valence-electron chi connectivity index (χ0n) is 11.8. The molecule has 2 aromatic carbocycles. The molecular weight excluding hydrogens is 248 g/mol. The first kappa shape index (κ1) is 13.4. The summed E-state index contributed by atoms with van der Waals surface area (Å²) >= 11 is 0. The van der Waals surface area contributed by atoms with Crippen LogP contribution in [-0.2, 0) is 0 Å². The van der Waals surface area contributed by atoms with Crippen LogP contribution in [0.25, 0.3) is 10.8 Å². The van der Waals surface area contributed by atoms with Crippen molar-refractivity contribution in [3.05, 3.63) is 42.5 Å². The first-order chi connectivity index (χ1) is 9.86. The highest BCUT2D eigenvalue weighted by Crippen LogP contribution is 2.21. The van der Waals surface area contributed by atoms with Crippen LogP contribution in [0.5, 0.6) is 5.75 Å². The fourth-order valence-corrected chi connectivity index (χ4v) is 2.99. The molecule has 0 aliphatic carbocycles. The molecule has 0 bridgehead atoms. The fourth-order valence-electron chi connectivity index (χ4n) is 2.99. The Kier molecular flexibility index (Phi) is 4.19. The van der Waals surface area contributed by atoms with Crippen LogP contribution in [0.3, 0.4) is 0 Å². The Morgan fingerprint density at radius 3 is 2.85 bits per heavy atom. The molecule has 3 heteroatoms. The summed E-state index contributed by atoms with van der Waals surface area (Å²) in [5, 5.41) is 2.48. The highest BCUT2D eigenvalue weighted by atomic mass is 16.5. The van der Waals surface area contributed by atoms with Crippen LogP contribution in [0.1, 0.15) is 12.8 Å². The van der Waals surface area contributed by atoms with Gasteiger partial charge in [-0.3, -0.25) is 4.90 Å². The van der Waals surface area contributed by atoms with E-state index < -0.39 is 0 Å². The van der Waals surface area contributed by atoms with E-state index in [2.05, 4.69) is 41.3 Å². The van der Waals surface area contributed by atoms with Crippen molar-refractivity contribution in [1.29, 1.82) is 0 Å². The molecule has 2 aromatic rings. The van der Waals surface area contributed by atoms with E-state index in [1.165, 1.54) is 23.6 Å². The molecule has 1 unspecified atom stereocenters. The summed E-state index contributed by atoms with van der Waals surface area (Å²) in [5.74, 6) is 0.951. The molecular formula is C17H22N2O. The minimum absolute atomic E-state index is 0.551. The number of hydrogen-bond acceptors (Lipinski definition) is 3. The van der Waals surface area contributed by atoms with Gasteiger partial charge in [-0.05, 0) is 42.3 Å². The summed E-state index contributed by atoms with van der Waals surface area (Å²) < 4.78 is 5.89. The Bertz CT molecular complexity index is 570. The number of benzene rings is 2. The average Bonchev–Trinajstić information content (AvgIpc) is 2.95. The largest absolute Gasteiger partial charge is 0.492 e. The highest BCUT2D eigenvalue weighted by Gasteiger charge is 2.22. The summed E-state index contributed by atoms with van der Waals surface area (Å²) in [4.78, 5) is 2.45. The van der Waals surface area contributed by atoms with Gasteiger partial charge in [-0.2, -0.15) is 0 Å². The van der Waals surface area contributed by atoms with Crippen LogP contribution >= 0.6 is 0 Å². The van der Waals surface area contributed by atoms with Crippen molar-refractivity contribution in [1.82, 2.24) is 4.90 Å². The van der Waals surface area contributed by atoms with Crippen LogP contribution in [0.15, 0.2) is 42.5 Å². The maximum atomic E-state index is 5.89. The number of likely N-dealkylation sites (tertiary alicyclic amines) is 1. The van der Waals surface area contributed by atoms with Crippen molar-refractivity contribution in [2.45, 2.75) is 18.9 Å². The van der Waals surface area contributed by atoms with Gasteiger partial charge in [-0.1, -0.05) is 30.3 Å². The van der Waals surface area contributed by atoms with E-state index in [4.69, 9.17) is 10.5 Å². The Morgan fingerprint density at radius 1 is 1.15 bits per heavy atom. The van der Waals surface area contributed by atoms with Crippen molar-refractivity contribution in [3.8, 4) is 5.75 Å². The molecule has 1 aliphatic heterocycles. The van der Waals surface area contributed by atoms with Gasteiger partial charge in [0.1, 0.15) is 12.4 Å². The Labute approximate surface area is 120 Å². The van der Waals surface area contributed by atoms with Gasteiger partial charge in [0.25, 0.3) is 0 Å². The molecule has 0 saturated carbocycles. The van der Waals surface area contributed by atoms with Gasteiger partial charge in [0.2, 0.25) is 0 Å². The monoisotopic (exact) mass is 270 g/mol. The van der Waals surface area contributed by atoms with Gasteiger partial charge in [0.15, 0.2) is 0 Å². The maximum Gasteiger partial charge on any atom is 0.120 e. The lowest BCUT2D eigenvalue weighted by Crippen LogP contribution is -2.37. The lowest BCUT2D eigenvalue weighted by Gasteiger charge is -2.22. The third-order valence-corrected chi connectivity index (χ3v) is 4.14. The predicted octanol–water partition coefficient (Wildman–Crippen LogP) is 2.64. The zero-order chi connectivity index (χ0) is 13.8. The van der Waals surface area contributed by atoms with Crippen molar-refractivity contribution in [3.63, 3.8) is 0 Å². The Morgan fingerprint density at radius 2 is 2.00 bits per heavy atom. The van der Waals surface area contributed by atoms with Gasteiger partial charge in [0.05, 0.1) is 0 Å². The van der Waals surface area contributed by atoms with E-state index in [9.17, 15) is 0 Å². The standard InChI is InChI=1S/C17H22N2O/c18-13-16-6-3-9-19(16)10-11-20-17-8-7-14-4-1-2-5-15(14)12-17/h1-2,4-5,7-8,12,16H,3,6,9-11,13,18H2. The molecule has 1 saturated heterocycles. The van der Waals surface area contributed by atoms with E-state index >= 15 is 0 Å². The first-order valence-corrected chi connectivity index (χ1v) is 7.42. The van der Waals surface area contributed by atoms with E-state index in [0.717, 1.165) is 32.0 Å². The molecule has 2 N–H and O–H groups in total. The second-order valence-electron chi connectivity index (χ2n) is 5.43. The summed E-state index contributed by atoms with van der Waals surface area (Å²) in [6, 6.07) is 15.2. The molecule has 1 aliphatic rings. The molecule has 3 nitrogen and oxygen atoms in total. The predicted molar refractivity (Wildman–Crippen MR) is 83.1 cm³/mol. The third-order valence-electron chi connectivity index (χ3n) is 4.14. The highest BCUT2D eigenvalue weighted by molar-refractivity contribution is 5.83. The molecule has 0 amide bonds. The summed E-state index contributed by atoms with van der Waals surface area (Å²) in [5.41, 5.74) is 5.79. The number of rotatable bonds is 5. The number of ether oxygens (including phenoxy) is 1. The van der Waals surface area contributed by atoms with Crippen LogP contribution < -0.4 is 10.5 Å². The topological polar surface area (TPSA) is 38.5 Å². The van der Waals surface area contributed by atoms with Crippen LogP contribution in [0.2, 0.25) is 0 Å². The molecule has 1 atom stereocenters. The second kappa shape index (κ2) is 6.25. The Hall–Kier alpha value is -1.58. The maximum absolute atomic E-state index is 5.89. The van der Waals surface area contributed by atoms with Gasteiger partial charge in [0, 0.05) is 19.1 Å². The normalized spacial score (nSPS) is 19.6.